The number of nitrogens with one attached hydrogen (secondary N) is 2. The van der Waals surface area contributed by atoms with Gasteiger partial charge in [-0.2, -0.15) is 0 Å². The van der Waals surface area contributed by atoms with Gasteiger partial charge in [-0.1, -0.05) is 42.5 Å². The molecule has 7 heteroatoms. The lowest BCUT2D eigenvalue weighted by Gasteiger charge is -2.10. The van der Waals surface area contributed by atoms with Crippen LogP contribution in [0.1, 0.15) is 11.1 Å². The van der Waals surface area contributed by atoms with Crippen LogP contribution in [0.2, 0.25) is 0 Å². The summed E-state index contributed by atoms with van der Waals surface area (Å²) in [6.45, 7) is 2.49. The van der Waals surface area contributed by atoms with Gasteiger partial charge in [0.05, 0.1) is 4.92 Å². The molecule has 0 aliphatic carbocycles. The summed E-state index contributed by atoms with van der Waals surface area (Å²) >= 11 is 0. The quantitative estimate of drug-likeness (QED) is 0.493. The van der Waals surface area contributed by atoms with E-state index in [1.807, 2.05) is 61.5 Å². The van der Waals surface area contributed by atoms with Crippen LogP contribution in [0.4, 0.5) is 23.0 Å². The van der Waals surface area contributed by atoms with Crippen molar-refractivity contribution in [2.24, 2.45) is 0 Å². The molecule has 0 saturated carbocycles. The summed E-state index contributed by atoms with van der Waals surface area (Å²) in [7, 11) is 0. The molecule has 3 aromatic rings. The normalized spacial score (nSPS) is 10.3. The summed E-state index contributed by atoms with van der Waals surface area (Å²) < 4.78 is 0. The Labute approximate surface area is 151 Å². The maximum Gasteiger partial charge on any atom is 0.353 e. The van der Waals surface area contributed by atoms with Gasteiger partial charge in [0.25, 0.3) is 0 Å². The smallest absolute Gasteiger partial charge is 0.353 e. The van der Waals surface area contributed by atoms with E-state index in [0.29, 0.717) is 6.54 Å². The van der Waals surface area contributed by atoms with Gasteiger partial charge in [0.1, 0.15) is 6.33 Å². The molecule has 0 radical (unpaired) electrons. The Morgan fingerprint density at radius 1 is 1.04 bits per heavy atom. The van der Waals surface area contributed by atoms with Crippen molar-refractivity contribution in [1.29, 1.82) is 0 Å². The monoisotopic (exact) mass is 349 g/mol. The summed E-state index contributed by atoms with van der Waals surface area (Å²) in [5.41, 5.74) is 2.77. The molecule has 0 unspecified atom stereocenters. The Hall–Kier alpha value is -3.48. The molecule has 0 spiro atoms. The van der Waals surface area contributed by atoms with Gasteiger partial charge >= 0.3 is 5.69 Å². The van der Waals surface area contributed by atoms with Gasteiger partial charge in [0.2, 0.25) is 11.6 Å². The third-order valence-corrected chi connectivity index (χ3v) is 3.83. The largest absolute Gasteiger partial charge is 0.364 e. The highest BCUT2D eigenvalue weighted by atomic mass is 16.6. The highest BCUT2D eigenvalue weighted by Gasteiger charge is 2.22. The van der Waals surface area contributed by atoms with Crippen molar-refractivity contribution < 1.29 is 4.92 Å². The van der Waals surface area contributed by atoms with Gasteiger partial charge in [-0.05, 0) is 36.6 Å². The van der Waals surface area contributed by atoms with E-state index in [2.05, 4.69) is 20.6 Å². The first-order valence-corrected chi connectivity index (χ1v) is 8.24. The Balaban J connectivity index is 1.78. The number of aromatic nitrogens is 2. The number of benzene rings is 2. The number of aryl methyl sites for hydroxylation is 1. The maximum atomic E-state index is 11.6. The average molecular weight is 349 g/mol. The van der Waals surface area contributed by atoms with Gasteiger partial charge in [-0.15, -0.1) is 0 Å². The lowest BCUT2D eigenvalue weighted by Crippen LogP contribution is -2.10. The molecule has 0 aliphatic heterocycles. The predicted octanol–water partition coefficient (Wildman–Crippen LogP) is 4.09. The standard InChI is InChI=1S/C19H19N5O2/c1-14-6-5-9-16(12-14)23-19-17(24(25)26)18(21-13-22-19)20-11-10-15-7-3-2-4-8-15/h2-9,12-13H,10-11H2,1H3,(H2,20,21,22,23). The number of nitro groups is 1. The topological polar surface area (TPSA) is 93.0 Å². The minimum Gasteiger partial charge on any atom is -0.364 e. The number of rotatable bonds is 7. The van der Waals surface area contributed by atoms with Crippen molar-refractivity contribution in [1.82, 2.24) is 9.97 Å². The van der Waals surface area contributed by atoms with Gasteiger partial charge in [0.15, 0.2) is 0 Å². The van der Waals surface area contributed by atoms with Crippen LogP contribution in [0.3, 0.4) is 0 Å². The summed E-state index contributed by atoms with van der Waals surface area (Å²) in [5, 5.41) is 17.6. The van der Waals surface area contributed by atoms with Crippen LogP contribution < -0.4 is 10.6 Å². The molecular formula is C19H19N5O2. The van der Waals surface area contributed by atoms with Crippen molar-refractivity contribution in [2.75, 3.05) is 17.2 Å². The maximum absolute atomic E-state index is 11.6. The van der Waals surface area contributed by atoms with E-state index in [-0.39, 0.29) is 17.3 Å². The second kappa shape index (κ2) is 8.06. The number of hydrogen-bond donors (Lipinski definition) is 2. The molecule has 0 saturated heterocycles. The van der Waals surface area contributed by atoms with E-state index < -0.39 is 4.92 Å². The SMILES string of the molecule is Cc1cccc(Nc2ncnc(NCCc3ccccc3)c2[N+](=O)[O-])c1. The summed E-state index contributed by atoms with van der Waals surface area (Å²) in [6, 6.07) is 17.5. The number of anilines is 3. The average Bonchev–Trinajstić information content (AvgIpc) is 2.62. The Bertz CT molecular complexity index is 899. The molecule has 0 amide bonds. The van der Waals surface area contributed by atoms with Crippen molar-refractivity contribution >= 4 is 23.0 Å². The molecule has 3 rings (SSSR count). The Kier molecular flexibility index (Phi) is 5.38. The second-order valence-electron chi connectivity index (χ2n) is 5.83. The lowest BCUT2D eigenvalue weighted by atomic mass is 10.1. The first-order chi connectivity index (χ1) is 12.6. The predicted molar refractivity (Wildman–Crippen MR) is 102 cm³/mol. The minimum atomic E-state index is -0.469. The first-order valence-electron chi connectivity index (χ1n) is 8.24. The third-order valence-electron chi connectivity index (χ3n) is 3.83. The lowest BCUT2D eigenvalue weighted by molar-refractivity contribution is -0.383. The van der Waals surface area contributed by atoms with Crippen LogP contribution >= 0.6 is 0 Å². The van der Waals surface area contributed by atoms with Crippen molar-refractivity contribution in [3.8, 4) is 0 Å². The molecule has 132 valence electrons. The van der Waals surface area contributed by atoms with Crippen molar-refractivity contribution in [2.45, 2.75) is 13.3 Å². The molecule has 2 N–H and O–H groups in total. The van der Waals surface area contributed by atoms with Crippen LogP contribution in [0, 0.1) is 17.0 Å². The molecular weight excluding hydrogens is 330 g/mol. The number of hydrogen-bond acceptors (Lipinski definition) is 6. The van der Waals surface area contributed by atoms with E-state index in [0.717, 1.165) is 23.2 Å². The Morgan fingerprint density at radius 2 is 1.81 bits per heavy atom. The van der Waals surface area contributed by atoms with E-state index in [1.165, 1.54) is 6.33 Å². The fourth-order valence-corrected chi connectivity index (χ4v) is 2.60. The van der Waals surface area contributed by atoms with E-state index in [1.54, 1.807) is 0 Å². The zero-order chi connectivity index (χ0) is 18.4. The summed E-state index contributed by atoms with van der Waals surface area (Å²) in [5.74, 6) is 0.369. The minimum absolute atomic E-state index is 0.165. The van der Waals surface area contributed by atoms with Crippen molar-refractivity contribution in [3.63, 3.8) is 0 Å². The van der Waals surface area contributed by atoms with E-state index in [9.17, 15) is 10.1 Å². The third kappa shape index (κ3) is 4.32. The van der Waals surface area contributed by atoms with Crippen LogP contribution in [-0.2, 0) is 6.42 Å². The fraction of sp³-hybridized carbons (Fsp3) is 0.158. The van der Waals surface area contributed by atoms with Crippen LogP contribution in [0.15, 0.2) is 60.9 Å². The molecule has 0 fully saturated rings. The summed E-state index contributed by atoms with van der Waals surface area (Å²) in [4.78, 5) is 19.2. The molecule has 2 aromatic carbocycles. The van der Waals surface area contributed by atoms with Crippen LogP contribution in [0.5, 0.6) is 0 Å². The van der Waals surface area contributed by atoms with Gasteiger partial charge < -0.3 is 10.6 Å². The molecule has 0 atom stereocenters. The second-order valence-corrected chi connectivity index (χ2v) is 5.83. The fourth-order valence-electron chi connectivity index (χ4n) is 2.60. The molecule has 1 heterocycles. The zero-order valence-electron chi connectivity index (χ0n) is 14.3. The zero-order valence-corrected chi connectivity index (χ0v) is 14.3. The van der Waals surface area contributed by atoms with E-state index >= 15 is 0 Å². The van der Waals surface area contributed by atoms with Gasteiger partial charge in [-0.3, -0.25) is 10.1 Å². The molecule has 0 aliphatic rings. The molecule has 26 heavy (non-hydrogen) atoms. The van der Waals surface area contributed by atoms with Crippen LogP contribution in [-0.4, -0.2) is 21.4 Å². The van der Waals surface area contributed by atoms with Crippen molar-refractivity contribution in [3.05, 3.63) is 82.2 Å². The Morgan fingerprint density at radius 3 is 2.54 bits per heavy atom. The highest BCUT2D eigenvalue weighted by molar-refractivity contribution is 5.73. The molecule has 7 nitrogen and oxygen atoms in total. The van der Waals surface area contributed by atoms with Gasteiger partial charge in [0, 0.05) is 12.2 Å². The number of nitrogens with zero attached hydrogens (tertiary/aromatic N) is 3. The highest BCUT2D eigenvalue weighted by Crippen LogP contribution is 2.31. The summed E-state index contributed by atoms with van der Waals surface area (Å²) in [6.07, 6.45) is 2.05. The van der Waals surface area contributed by atoms with E-state index in [4.69, 9.17) is 0 Å². The molecule has 0 bridgehead atoms. The molecule has 1 aromatic heterocycles. The first kappa shape index (κ1) is 17.3. The van der Waals surface area contributed by atoms with Gasteiger partial charge in [-0.25, -0.2) is 9.97 Å². The van der Waals surface area contributed by atoms with Crippen LogP contribution in [0.25, 0.3) is 0 Å².